The summed E-state index contributed by atoms with van der Waals surface area (Å²) >= 11 is 1.43. The number of benzene rings is 1. The number of rotatable bonds is 3. The van der Waals surface area contributed by atoms with Crippen LogP contribution in [0.3, 0.4) is 0 Å². The smallest absolute Gasteiger partial charge is 0.279 e. The van der Waals surface area contributed by atoms with Crippen LogP contribution in [0.15, 0.2) is 30.3 Å². The van der Waals surface area contributed by atoms with E-state index in [1.807, 2.05) is 18.2 Å². The number of carbonyl (C=O) groups excluding carboxylic acids is 1. The normalized spacial score (nSPS) is 41.0. The van der Waals surface area contributed by atoms with E-state index < -0.39 is 0 Å². The van der Waals surface area contributed by atoms with Gasteiger partial charge in [0.1, 0.15) is 0 Å². The molecule has 4 aliphatic carbocycles. The molecule has 0 saturated heterocycles. The Balaban J connectivity index is 1.43. The zero-order valence-electron chi connectivity index (χ0n) is 14.2. The first-order valence-corrected chi connectivity index (χ1v) is 9.85. The van der Waals surface area contributed by atoms with Crippen LogP contribution in [0.5, 0.6) is 0 Å². The summed E-state index contributed by atoms with van der Waals surface area (Å²) in [7, 11) is 0. The van der Waals surface area contributed by atoms with Crippen molar-refractivity contribution < 1.29 is 4.79 Å². The Labute approximate surface area is 143 Å². The van der Waals surface area contributed by atoms with Crippen LogP contribution in [-0.4, -0.2) is 10.8 Å². The Morgan fingerprint density at radius 2 is 1.74 bits per heavy atom. The average molecular weight is 330 g/mol. The lowest BCUT2D eigenvalue weighted by Gasteiger charge is -2.65. The first-order valence-electron chi connectivity index (χ1n) is 8.87. The second kappa shape index (κ2) is 5.27. The van der Waals surface area contributed by atoms with E-state index in [2.05, 4.69) is 31.3 Å². The molecule has 1 amide bonds. The zero-order chi connectivity index (χ0) is 16.1. The SMILES string of the molecule is C[C@@]12CC3CC(NC(=O)SCc4ccccc4)(C1)C[C@@](C)(C3)C2. The Kier molecular flexibility index (Phi) is 3.57. The fraction of sp³-hybridized carbons (Fsp3) is 0.650. The Bertz CT molecular complexity index is 595. The molecule has 0 unspecified atom stereocenters. The van der Waals surface area contributed by atoms with Gasteiger partial charge in [0.25, 0.3) is 5.24 Å². The molecule has 2 atom stereocenters. The highest BCUT2D eigenvalue weighted by Gasteiger charge is 2.60. The van der Waals surface area contributed by atoms with Gasteiger partial charge >= 0.3 is 0 Å². The van der Waals surface area contributed by atoms with Crippen LogP contribution in [0.4, 0.5) is 4.79 Å². The quantitative estimate of drug-likeness (QED) is 0.807. The predicted octanol–water partition coefficient (Wildman–Crippen LogP) is 5.38. The number of amides is 1. The van der Waals surface area contributed by atoms with Gasteiger partial charge in [-0.15, -0.1) is 0 Å². The lowest BCUT2D eigenvalue weighted by Crippen LogP contribution is -2.64. The second-order valence-electron chi connectivity index (χ2n) is 9.10. The first kappa shape index (κ1) is 15.6. The Hall–Kier alpha value is -0.960. The minimum Gasteiger partial charge on any atom is -0.341 e. The van der Waals surface area contributed by atoms with Gasteiger partial charge in [0, 0.05) is 11.3 Å². The molecule has 1 N–H and O–H groups in total. The minimum absolute atomic E-state index is 0.0731. The van der Waals surface area contributed by atoms with Gasteiger partial charge in [-0.1, -0.05) is 55.9 Å². The summed E-state index contributed by atoms with van der Waals surface area (Å²) in [6, 6.07) is 10.3. The molecule has 4 bridgehead atoms. The zero-order valence-corrected chi connectivity index (χ0v) is 15.0. The number of carbonyl (C=O) groups is 1. The minimum atomic E-state index is 0.0731. The van der Waals surface area contributed by atoms with Crippen molar-refractivity contribution in [3.05, 3.63) is 35.9 Å². The van der Waals surface area contributed by atoms with Gasteiger partial charge in [0.15, 0.2) is 0 Å². The van der Waals surface area contributed by atoms with E-state index in [1.165, 1.54) is 55.9 Å². The molecule has 0 heterocycles. The summed E-state index contributed by atoms with van der Waals surface area (Å²) in [6.07, 6.45) is 7.67. The van der Waals surface area contributed by atoms with Crippen molar-refractivity contribution >= 4 is 17.0 Å². The molecule has 0 aliphatic heterocycles. The fourth-order valence-electron chi connectivity index (χ4n) is 6.56. The highest BCUT2D eigenvalue weighted by atomic mass is 32.2. The fourth-order valence-corrected chi connectivity index (χ4v) is 7.34. The highest BCUT2D eigenvalue weighted by Crippen LogP contribution is 2.66. The predicted molar refractivity (Wildman–Crippen MR) is 96.4 cm³/mol. The van der Waals surface area contributed by atoms with Crippen LogP contribution in [-0.2, 0) is 5.75 Å². The molecule has 1 aromatic rings. The summed E-state index contributed by atoms with van der Waals surface area (Å²) < 4.78 is 0. The van der Waals surface area contributed by atoms with E-state index in [9.17, 15) is 4.79 Å². The van der Waals surface area contributed by atoms with E-state index in [-0.39, 0.29) is 10.8 Å². The summed E-state index contributed by atoms with van der Waals surface area (Å²) in [6.45, 7) is 4.90. The van der Waals surface area contributed by atoms with Crippen molar-refractivity contribution in [1.82, 2.24) is 5.32 Å². The molecule has 0 spiro atoms. The monoisotopic (exact) mass is 329 g/mol. The van der Waals surface area contributed by atoms with Crippen LogP contribution in [0.1, 0.15) is 57.9 Å². The molecular formula is C20H27NOS. The Morgan fingerprint density at radius 3 is 2.35 bits per heavy atom. The number of thioether (sulfide) groups is 1. The number of nitrogens with one attached hydrogen (secondary N) is 1. The lowest BCUT2D eigenvalue weighted by atomic mass is 9.43. The molecule has 23 heavy (non-hydrogen) atoms. The van der Waals surface area contributed by atoms with Gasteiger partial charge in [0.2, 0.25) is 0 Å². The van der Waals surface area contributed by atoms with Gasteiger partial charge in [-0.05, 0) is 60.8 Å². The third kappa shape index (κ3) is 3.05. The van der Waals surface area contributed by atoms with Crippen LogP contribution in [0, 0.1) is 16.7 Å². The van der Waals surface area contributed by atoms with E-state index in [0.29, 0.717) is 10.8 Å². The lowest BCUT2D eigenvalue weighted by molar-refractivity contribution is -0.112. The average Bonchev–Trinajstić information content (AvgIpc) is 2.42. The molecule has 4 fully saturated rings. The van der Waals surface area contributed by atoms with Crippen molar-refractivity contribution in [2.45, 2.75) is 63.7 Å². The molecule has 4 saturated carbocycles. The van der Waals surface area contributed by atoms with Crippen molar-refractivity contribution in [2.24, 2.45) is 16.7 Å². The maximum Gasteiger partial charge on any atom is 0.279 e. The summed E-state index contributed by atoms with van der Waals surface area (Å²) in [4.78, 5) is 12.6. The maximum absolute atomic E-state index is 12.6. The summed E-state index contributed by atoms with van der Waals surface area (Å²) in [5, 5.41) is 3.64. The molecule has 4 aliphatic rings. The van der Waals surface area contributed by atoms with E-state index in [4.69, 9.17) is 0 Å². The summed E-state index contributed by atoms with van der Waals surface area (Å²) in [5.74, 6) is 1.58. The van der Waals surface area contributed by atoms with Gasteiger partial charge in [-0.25, -0.2) is 0 Å². The van der Waals surface area contributed by atoms with E-state index >= 15 is 0 Å². The third-order valence-corrected chi connectivity index (χ3v) is 7.05. The topological polar surface area (TPSA) is 29.1 Å². The van der Waals surface area contributed by atoms with Crippen LogP contribution in [0.25, 0.3) is 0 Å². The van der Waals surface area contributed by atoms with Crippen molar-refractivity contribution in [3.63, 3.8) is 0 Å². The third-order valence-electron chi connectivity index (χ3n) is 6.21. The van der Waals surface area contributed by atoms with E-state index in [1.54, 1.807) is 0 Å². The maximum atomic E-state index is 12.6. The van der Waals surface area contributed by atoms with Crippen LogP contribution < -0.4 is 5.32 Å². The largest absolute Gasteiger partial charge is 0.341 e. The second-order valence-corrected chi connectivity index (χ2v) is 10.0. The molecule has 2 nitrogen and oxygen atoms in total. The van der Waals surface area contributed by atoms with Crippen LogP contribution in [0.2, 0.25) is 0 Å². The van der Waals surface area contributed by atoms with Crippen LogP contribution >= 0.6 is 11.8 Å². The number of hydrogen-bond donors (Lipinski definition) is 1. The molecule has 5 rings (SSSR count). The van der Waals surface area contributed by atoms with Crippen molar-refractivity contribution in [2.75, 3.05) is 0 Å². The summed E-state index contributed by atoms with van der Waals surface area (Å²) in [5.41, 5.74) is 2.19. The van der Waals surface area contributed by atoms with Gasteiger partial charge in [-0.3, -0.25) is 4.79 Å². The van der Waals surface area contributed by atoms with Gasteiger partial charge in [0.05, 0.1) is 0 Å². The highest BCUT2D eigenvalue weighted by molar-refractivity contribution is 8.12. The molecular weight excluding hydrogens is 302 g/mol. The molecule has 0 radical (unpaired) electrons. The molecule has 3 heteroatoms. The molecule has 1 aromatic carbocycles. The van der Waals surface area contributed by atoms with E-state index in [0.717, 1.165) is 11.7 Å². The van der Waals surface area contributed by atoms with Crippen molar-refractivity contribution in [3.8, 4) is 0 Å². The Morgan fingerprint density at radius 1 is 1.09 bits per heavy atom. The molecule has 124 valence electrons. The molecule has 0 aromatic heterocycles. The van der Waals surface area contributed by atoms with Gasteiger partial charge in [-0.2, -0.15) is 0 Å². The first-order chi connectivity index (χ1) is 10.9. The standard InChI is InChI=1S/C20H27NOS/c1-18-8-16-9-19(2,12-18)14-20(10-16,13-18)21-17(22)23-11-15-6-4-3-5-7-15/h3-7,16H,8-14H2,1-2H3,(H,21,22)/t16?,18-,19-,20?/m0/s1. The van der Waals surface area contributed by atoms with Crippen molar-refractivity contribution in [1.29, 1.82) is 0 Å². The number of hydrogen-bond acceptors (Lipinski definition) is 2. The van der Waals surface area contributed by atoms with Gasteiger partial charge < -0.3 is 5.32 Å².